The van der Waals surface area contributed by atoms with Crippen LogP contribution in [0, 0.1) is 0 Å². The Balaban J connectivity index is 1.48. The van der Waals surface area contributed by atoms with Crippen molar-refractivity contribution in [2.24, 2.45) is 0 Å². The van der Waals surface area contributed by atoms with Crippen LogP contribution in [-0.2, 0) is 6.54 Å². The highest BCUT2D eigenvalue weighted by atomic mass is 15.2. The Morgan fingerprint density at radius 1 is 1.00 bits per heavy atom. The Morgan fingerprint density at radius 3 is 2.56 bits per heavy atom. The van der Waals surface area contributed by atoms with Crippen molar-refractivity contribution in [2.45, 2.75) is 13.5 Å². The molecule has 2 N–H and O–H groups in total. The summed E-state index contributed by atoms with van der Waals surface area (Å²) in [6, 6.07) is 15.8. The van der Waals surface area contributed by atoms with Gasteiger partial charge in [0.15, 0.2) is 0 Å². The van der Waals surface area contributed by atoms with Crippen LogP contribution in [0.1, 0.15) is 12.5 Å². The predicted molar refractivity (Wildman–Crippen MR) is 111 cm³/mol. The fourth-order valence-corrected chi connectivity index (χ4v) is 4.21. The molecule has 5 rings (SSSR count). The molecule has 3 aromatic rings. The lowest BCUT2D eigenvalue weighted by atomic mass is 9.95. The molecular weight excluding hydrogens is 334 g/mol. The first kappa shape index (κ1) is 16.4. The number of rotatable bonds is 3. The molecule has 0 spiro atoms. The summed E-state index contributed by atoms with van der Waals surface area (Å²) < 4.78 is 0. The van der Waals surface area contributed by atoms with Crippen molar-refractivity contribution in [3.8, 4) is 22.4 Å². The minimum atomic E-state index is 0.917. The van der Waals surface area contributed by atoms with Crippen LogP contribution in [0.4, 0.5) is 11.4 Å². The zero-order valence-electron chi connectivity index (χ0n) is 15.7. The molecule has 1 saturated heterocycles. The number of H-pyrrole nitrogens is 1. The third-order valence-corrected chi connectivity index (χ3v) is 5.75. The lowest BCUT2D eigenvalue weighted by Gasteiger charge is -2.30. The van der Waals surface area contributed by atoms with Gasteiger partial charge in [0.25, 0.3) is 0 Å². The summed E-state index contributed by atoms with van der Waals surface area (Å²) in [5.74, 6) is 0. The SMILES string of the molecule is CCN1Cc2cn[nH]c2-c2ccc(-c3ccc(N4CCNCC4)cc3)cc21. The third-order valence-electron chi connectivity index (χ3n) is 5.75. The average molecular weight is 359 g/mol. The average Bonchev–Trinajstić information content (AvgIpc) is 3.22. The maximum absolute atomic E-state index is 4.25. The van der Waals surface area contributed by atoms with Gasteiger partial charge in [0, 0.05) is 61.8 Å². The van der Waals surface area contributed by atoms with E-state index in [4.69, 9.17) is 0 Å². The molecule has 0 saturated carbocycles. The largest absolute Gasteiger partial charge is 0.369 e. The molecule has 0 amide bonds. The van der Waals surface area contributed by atoms with Crippen molar-refractivity contribution in [2.75, 3.05) is 42.5 Å². The number of hydrogen-bond acceptors (Lipinski definition) is 4. The van der Waals surface area contributed by atoms with Gasteiger partial charge >= 0.3 is 0 Å². The molecule has 0 atom stereocenters. The molecule has 0 bridgehead atoms. The minimum Gasteiger partial charge on any atom is -0.369 e. The third kappa shape index (κ3) is 2.88. The van der Waals surface area contributed by atoms with Crippen LogP contribution in [0.15, 0.2) is 48.7 Å². The summed E-state index contributed by atoms with van der Waals surface area (Å²) in [6.45, 7) is 8.41. The molecule has 1 aromatic heterocycles. The van der Waals surface area contributed by atoms with Gasteiger partial charge in [-0.05, 0) is 36.2 Å². The molecule has 3 heterocycles. The standard InChI is InChI=1S/C22H25N5/c1-2-26-15-18-14-24-25-22(18)20-8-5-17(13-21(20)26)16-3-6-19(7-4-16)27-11-9-23-10-12-27/h3-8,13-14,23H,2,9-12,15H2,1H3,(H,24,25). The number of aromatic nitrogens is 2. The summed E-state index contributed by atoms with van der Waals surface area (Å²) >= 11 is 0. The number of piperazine rings is 1. The van der Waals surface area contributed by atoms with Crippen LogP contribution in [0.2, 0.25) is 0 Å². The molecule has 0 radical (unpaired) electrons. The van der Waals surface area contributed by atoms with Crippen molar-refractivity contribution in [1.29, 1.82) is 0 Å². The Hall–Kier alpha value is -2.79. The van der Waals surface area contributed by atoms with E-state index in [-0.39, 0.29) is 0 Å². The molecule has 5 nitrogen and oxygen atoms in total. The molecule has 2 aliphatic rings. The fourth-order valence-electron chi connectivity index (χ4n) is 4.21. The molecule has 5 heteroatoms. The lowest BCUT2D eigenvalue weighted by molar-refractivity contribution is 0.589. The quantitative estimate of drug-likeness (QED) is 0.751. The van der Waals surface area contributed by atoms with Gasteiger partial charge < -0.3 is 15.1 Å². The van der Waals surface area contributed by atoms with E-state index in [9.17, 15) is 0 Å². The first-order valence-electron chi connectivity index (χ1n) is 9.81. The Labute approximate surface area is 160 Å². The molecule has 2 aliphatic heterocycles. The van der Waals surface area contributed by atoms with Gasteiger partial charge in [0.2, 0.25) is 0 Å². The summed E-state index contributed by atoms with van der Waals surface area (Å²) in [7, 11) is 0. The van der Waals surface area contributed by atoms with E-state index < -0.39 is 0 Å². The molecule has 27 heavy (non-hydrogen) atoms. The van der Waals surface area contributed by atoms with E-state index in [1.165, 1.54) is 33.6 Å². The lowest BCUT2D eigenvalue weighted by Crippen LogP contribution is -2.43. The van der Waals surface area contributed by atoms with E-state index in [0.29, 0.717) is 0 Å². The molecule has 2 aromatic carbocycles. The molecule has 1 fully saturated rings. The van der Waals surface area contributed by atoms with Crippen molar-refractivity contribution in [1.82, 2.24) is 15.5 Å². The van der Waals surface area contributed by atoms with Crippen LogP contribution < -0.4 is 15.1 Å². The van der Waals surface area contributed by atoms with Gasteiger partial charge in [-0.3, -0.25) is 5.10 Å². The van der Waals surface area contributed by atoms with Crippen LogP contribution in [0.5, 0.6) is 0 Å². The van der Waals surface area contributed by atoms with E-state index in [1.807, 2.05) is 6.20 Å². The second-order valence-electron chi connectivity index (χ2n) is 7.30. The van der Waals surface area contributed by atoms with Gasteiger partial charge in [-0.2, -0.15) is 5.10 Å². The van der Waals surface area contributed by atoms with E-state index in [1.54, 1.807) is 0 Å². The molecule has 0 aliphatic carbocycles. The topological polar surface area (TPSA) is 47.2 Å². The molecule has 0 unspecified atom stereocenters. The summed E-state index contributed by atoms with van der Waals surface area (Å²) in [5.41, 5.74) is 8.82. The first-order chi connectivity index (χ1) is 13.3. The molecule has 138 valence electrons. The number of nitrogens with zero attached hydrogens (tertiary/aromatic N) is 3. The molecular formula is C22H25N5. The monoisotopic (exact) mass is 359 g/mol. The second-order valence-corrected chi connectivity index (χ2v) is 7.30. The number of nitrogens with one attached hydrogen (secondary N) is 2. The van der Waals surface area contributed by atoms with Crippen molar-refractivity contribution >= 4 is 11.4 Å². The number of fused-ring (bicyclic) bond motifs is 3. The van der Waals surface area contributed by atoms with Gasteiger partial charge in [-0.25, -0.2) is 0 Å². The van der Waals surface area contributed by atoms with Crippen LogP contribution in [0.25, 0.3) is 22.4 Å². The maximum Gasteiger partial charge on any atom is 0.0720 e. The zero-order valence-corrected chi connectivity index (χ0v) is 15.7. The number of hydrogen-bond donors (Lipinski definition) is 2. The summed E-state index contributed by atoms with van der Waals surface area (Å²) in [6.07, 6.45) is 1.95. The van der Waals surface area contributed by atoms with E-state index >= 15 is 0 Å². The Kier molecular flexibility index (Phi) is 4.09. The maximum atomic E-state index is 4.25. The Bertz CT molecular complexity index is 938. The summed E-state index contributed by atoms with van der Waals surface area (Å²) in [4.78, 5) is 4.87. The van der Waals surface area contributed by atoms with Crippen LogP contribution in [0.3, 0.4) is 0 Å². The minimum absolute atomic E-state index is 0.917. The normalized spacial score (nSPS) is 16.2. The van der Waals surface area contributed by atoms with E-state index in [0.717, 1.165) is 45.0 Å². The first-order valence-corrected chi connectivity index (χ1v) is 9.81. The predicted octanol–water partition coefficient (Wildman–Crippen LogP) is 3.49. The Morgan fingerprint density at radius 2 is 1.78 bits per heavy atom. The number of aromatic amines is 1. The zero-order chi connectivity index (χ0) is 18.2. The van der Waals surface area contributed by atoms with Crippen molar-refractivity contribution in [3.63, 3.8) is 0 Å². The van der Waals surface area contributed by atoms with Gasteiger partial charge in [0.05, 0.1) is 11.9 Å². The number of anilines is 2. The highest BCUT2D eigenvalue weighted by Gasteiger charge is 2.23. The van der Waals surface area contributed by atoms with Gasteiger partial charge in [-0.15, -0.1) is 0 Å². The smallest absolute Gasteiger partial charge is 0.0720 e. The van der Waals surface area contributed by atoms with Crippen LogP contribution >= 0.6 is 0 Å². The highest BCUT2D eigenvalue weighted by molar-refractivity contribution is 5.85. The fraction of sp³-hybridized carbons (Fsp3) is 0.318. The van der Waals surface area contributed by atoms with Crippen molar-refractivity contribution < 1.29 is 0 Å². The van der Waals surface area contributed by atoms with Gasteiger partial charge in [0.1, 0.15) is 0 Å². The number of benzene rings is 2. The highest BCUT2D eigenvalue weighted by Crippen LogP contribution is 2.40. The van der Waals surface area contributed by atoms with Gasteiger partial charge in [-0.1, -0.05) is 24.3 Å². The summed E-state index contributed by atoms with van der Waals surface area (Å²) in [5, 5.41) is 10.8. The second kappa shape index (κ2) is 6.74. The van der Waals surface area contributed by atoms with Crippen LogP contribution in [-0.4, -0.2) is 42.9 Å². The van der Waals surface area contributed by atoms with Crippen molar-refractivity contribution in [3.05, 3.63) is 54.2 Å². The van der Waals surface area contributed by atoms with E-state index in [2.05, 4.69) is 74.7 Å².